The number of aromatic nitrogens is 2. The summed E-state index contributed by atoms with van der Waals surface area (Å²) in [7, 11) is 1.55. The third kappa shape index (κ3) is 5.94. The van der Waals surface area contributed by atoms with Gasteiger partial charge >= 0.3 is 0 Å². The van der Waals surface area contributed by atoms with Gasteiger partial charge in [0.05, 0.1) is 25.8 Å². The van der Waals surface area contributed by atoms with E-state index in [0.29, 0.717) is 40.8 Å². The van der Waals surface area contributed by atoms with Crippen LogP contribution in [0.25, 0.3) is 10.9 Å². The third-order valence-electron chi connectivity index (χ3n) is 6.25. The molecule has 9 nitrogen and oxygen atoms in total. The number of benzene rings is 1. The standard InChI is InChI=1S/C23H32F2N6O3/c1-33-18-13-16-17(14-19(18)34-12-4-9-30-7-2-3-8-30)28-22(29-21(16)27-15-20(26)32)31-10-5-23(24,25)6-11-31/h13-14H,2-12,15H2,1H3,(H2,26,32)(H,27,28,29). The highest BCUT2D eigenvalue weighted by molar-refractivity contribution is 5.94. The number of halogens is 2. The number of hydrogen-bond acceptors (Lipinski definition) is 8. The number of rotatable bonds is 10. The first-order valence-electron chi connectivity index (χ1n) is 11.7. The van der Waals surface area contributed by atoms with Gasteiger partial charge in [0, 0.05) is 43.9 Å². The van der Waals surface area contributed by atoms with Crippen molar-refractivity contribution in [1.29, 1.82) is 0 Å². The van der Waals surface area contributed by atoms with Crippen LogP contribution in [0.15, 0.2) is 12.1 Å². The van der Waals surface area contributed by atoms with Crippen LogP contribution in [-0.4, -0.2) is 79.7 Å². The second-order valence-electron chi connectivity index (χ2n) is 8.81. The first-order chi connectivity index (χ1) is 16.3. The maximum Gasteiger partial charge on any atom is 0.251 e. The van der Waals surface area contributed by atoms with E-state index < -0.39 is 11.8 Å². The Morgan fingerprint density at radius 2 is 1.88 bits per heavy atom. The molecule has 0 aliphatic carbocycles. The molecule has 186 valence electrons. The van der Waals surface area contributed by atoms with Crippen molar-refractivity contribution >= 4 is 28.6 Å². The minimum Gasteiger partial charge on any atom is -0.493 e. The Balaban J connectivity index is 1.58. The van der Waals surface area contributed by atoms with Crippen molar-refractivity contribution in [2.24, 2.45) is 5.73 Å². The van der Waals surface area contributed by atoms with Gasteiger partial charge in [-0.05, 0) is 38.4 Å². The third-order valence-corrected chi connectivity index (χ3v) is 6.25. The summed E-state index contributed by atoms with van der Waals surface area (Å²) in [5, 5.41) is 3.55. The lowest BCUT2D eigenvalue weighted by molar-refractivity contribution is -0.116. The van der Waals surface area contributed by atoms with Gasteiger partial charge in [-0.15, -0.1) is 0 Å². The van der Waals surface area contributed by atoms with Crippen molar-refractivity contribution in [2.75, 3.05) is 63.2 Å². The number of alkyl halides is 2. The van der Waals surface area contributed by atoms with Gasteiger partial charge < -0.3 is 30.3 Å². The van der Waals surface area contributed by atoms with Crippen molar-refractivity contribution in [3.8, 4) is 11.5 Å². The van der Waals surface area contributed by atoms with Crippen LogP contribution in [0.4, 0.5) is 20.5 Å². The number of fused-ring (bicyclic) bond motifs is 1. The lowest BCUT2D eigenvalue weighted by Crippen LogP contribution is -2.40. The smallest absolute Gasteiger partial charge is 0.251 e. The van der Waals surface area contributed by atoms with Gasteiger partial charge in [0.1, 0.15) is 5.82 Å². The maximum atomic E-state index is 13.7. The molecule has 1 aromatic carbocycles. The minimum atomic E-state index is -2.68. The number of nitrogens with one attached hydrogen (secondary N) is 1. The van der Waals surface area contributed by atoms with E-state index in [2.05, 4.69) is 20.2 Å². The van der Waals surface area contributed by atoms with Gasteiger partial charge in [-0.3, -0.25) is 4.79 Å². The maximum absolute atomic E-state index is 13.7. The molecular formula is C23H32F2N6O3. The van der Waals surface area contributed by atoms with Gasteiger partial charge in [-0.25, -0.2) is 13.8 Å². The van der Waals surface area contributed by atoms with Crippen molar-refractivity contribution in [3.63, 3.8) is 0 Å². The van der Waals surface area contributed by atoms with Crippen LogP contribution >= 0.6 is 0 Å². The normalized spacial score (nSPS) is 18.3. The van der Waals surface area contributed by atoms with Crippen LogP contribution in [0.2, 0.25) is 0 Å². The molecule has 2 saturated heterocycles. The highest BCUT2D eigenvalue weighted by atomic mass is 19.3. The van der Waals surface area contributed by atoms with Crippen LogP contribution in [0.1, 0.15) is 32.1 Å². The molecule has 2 aliphatic heterocycles. The molecule has 3 N–H and O–H groups in total. The van der Waals surface area contributed by atoms with Crippen LogP contribution in [-0.2, 0) is 4.79 Å². The summed E-state index contributed by atoms with van der Waals surface area (Å²) in [6.07, 6.45) is 2.88. The second kappa shape index (κ2) is 10.5. The molecule has 3 heterocycles. The van der Waals surface area contributed by atoms with E-state index >= 15 is 0 Å². The van der Waals surface area contributed by atoms with Crippen molar-refractivity contribution in [3.05, 3.63) is 12.1 Å². The predicted octanol–water partition coefficient (Wildman–Crippen LogP) is 2.64. The summed E-state index contributed by atoms with van der Waals surface area (Å²) in [5.74, 6) is -1.45. The Kier molecular flexibility index (Phi) is 7.50. The molecule has 34 heavy (non-hydrogen) atoms. The number of amides is 1. The molecule has 0 radical (unpaired) electrons. The second-order valence-corrected chi connectivity index (χ2v) is 8.81. The lowest BCUT2D eigenvalue weighted by atomic mass is 10.1. The summed E-state index contributed by atoms with van der Waals surface area (Å²) in [6.45, 7) is 3.96. The average Bonchev–Trinajstić information content (AvgIpc) is 3.33. The van der Waals surface area contributed by atoms with Crippen LogP contribution in [0.5, 0.6) is 11.5 Å². The number of ether oxygens (including phenoxy) is 2. The molecule has 2 aliphatic rings. The number of primary amides is 1. The molecule has 0 spiro atoms. The fourth-order valence-corrected chi connectivity index (χ4v) is 4.35. The summed E-state index contributed by atoms with van der Waals surface area (Å²) in [4.78, 5) is 24.7. The van der Waals surface area contributed by atoms with Gasteiger partial charge in [0.25, 0.3) is 5.92 Å². The monoisotopic (exact) mass is 478 g/mol. The summed E-state index contributed by atoms with van der Waals surface area (Å²) in [5.41, 5.74) is 5.86. The quantitative estimate of drug-likeness (QED) is 0.502. The molecular weight excluding hydrogens is 446 g/mol. The van der Waals surface area contributed by atoms with E-state index in [-0.39, 0.29) is 32.5 Å². The number of nitrogens with zero attached hydrogens (tertiary/aromatic N) is 4. The van der Waals surface area contributed by atoms with E-state index in [1.165, 1.54) is 12.8 Å². The van der Waals surface area contributed by atoms with Crippen molar-refractivity contribution in [2.45, 2.75) is 38.0 Å². The van der Waals surface area contributed by atoms with Gasteiger partial charge in [-0.2, -0.15) is 4.98 Å². The SMILES string of the molecule is COc1cc2c(NCC(N)=O)nc(N3CCC(F)(F)CC3)nc2cc1OCCCN1CCCC1. The molecule has 2 aromatic rings. The van der Waals surface area contributed by atoms with Gasteiger partial charge in [0.2, 0.25) is 11.9 Å². The Hall–Kier alpha value is -2.95. The number of nitrogens with two attached hydrogens (primary N) is 1. The number of carbonyl (C=O) groups excluding carboxylic acids is 1. The number of piperidine rings is 1. The Morgan fingerprint density at radius 1 is 1.15 bits per heavy atom. The zero-order chi connectivity index (χ0) is 24.1. The number of likely N-dealkylation sites (tertiary alicyclic amines) is 1. The topological polar surface area (TPSA) is 106 Å². The number of carbonyl (C=O) groups is 1. The van der Waals surface area contributed by atoms with Gasteiger partial charge in [0.15, 0.2) is 11.5 Å². The van der Waals surface area contributed by atoms with E-state index in [1.807, 2.05) is 0 Å². The zero-order valence-electron chi connectivity index (χ0n) is 19.5. The Morgan fingerprint density at radius 3 is 2.56 bits per heavy atom. The zero-order valence-corrected chi connectivity index (χ0v) is 19.5. The molecule has 11 heteroatoms. The fraction of sp³-hybridized carbons (Fsp3) is 0.609. The largest absolute Gasteiger partial charge is 0.493 e. The van der Waals surface area contributed by atoms with E-state index in [1.54, 1.807) is 24.1 Å². The van der Waals surface area contributed by atoms with Crippen LogP contribution in [0, 0.1) is 0 Å². The number of methoxy groups -OCH3 is 1. The minimum absolute atomic E-state index is 0.124. The molecule has 4 rings (SSSR count). The number of hydrogen-bond donors (Lipinski definition) is 2. The average molecular weight is 479 g/mol. The highest BCUT2D eigenvalue weighted by Crippen LogP contribution is 2.36. The van der Waals surface area contributed by atoms with E-state index in [4.69, 9.17) is 15.2 Å². The number of anilines is 2. The molecule has 2 fully saturated rings. The molecule has 0 unspecified atom stereocenters. The first kappa shape index (κ1) is 24.2. The molecule has 1 amide bonds. The molecule has 0 bridgehead atoms. The Labute approximate surface area is 197 Å². The molecule has 0 atom stereocenters. The summed E-state index contributed by atoms with van der Waals surface area (Å²) in [6, 6.07) is 3.52. The summed E-state index contributed by atoms with van der Waals surface area (Å²) >= 11 is 0. The summed E-state index contributed by atoms with van der Waals surface area (Å²) < 4.78 is 38.9. The van der Waals surface area contributed by atoms with Gasteiger partial charge in [-0.1, -0.05) is 0 Å². The molecule has 1 aromatic heterocycles. The Bertz CT molecular complexity index is 1010. The van der Waals surface area contributed by atoms with Crippen molar-refractivity contribution in [1.82, 2.24) is 14.9 Å². The molecule has 0 saturated carbocycles. The van der Waals surface area contributed by atoms with Crippen molar-refractivity contribution < 1.29 is 23.0 Å². The van der Waals surface area contributed by atoms with Crippen LogP contribution in [0.3, 0.4) is 0 Å². The van der Waals surface area contributed by atoms with E-state index in [9.17, 15) is 13.6 Å². The lowest BCUT2D eigenvalue weighted by Gasteiger charge is -2.32. The van der Waals surface area contributed by atoms with E-state index in [0.717, 1.165) is 26.1 Å². The fourth-order valence-electron chi connectivity index (χ4n) is 4.35. The first-order valence-corrected chi connectivity index (χ1v) is 11.7. The highest BCUT2D eigenvalue weighted by Gasteiger charge is 2.35. The predicted molar refractivity (Wildman–Crippen MR) is 126 cm³/mol. The van der Waals surface area contributed by atoms with Crippen LogP contribution < -0.4 is 25.4 Å².